The summed E-state index contributed by atoms with van der Waals surface area (Å²) in [4.78, 5) is 65.8. The standard InChI is InChI=1S/C31H26N4O5S.C27H29BN2O5S.C24H20N4O3/c1-19-11-13-23(14-12-19)41(38,39)35-18-26(24-9-4-5-10-27(24)40-3)25-16-21(17-32-28(25)35)20-7-6-8-22(15-20)31(2)29(36)33-30(37)34-31;1-18-11-13-20(14-12-18)36(31,32)30-17-23(21-9-7-8-10-24(21)33-6)22-15-19(16-29-25(22)30)28-34-26(2,3)27(4,5)35-28;1-24(22(29)27-23(30)28-24)16-7-5-6-14(10-16)15-11-18-19(13-26-21(18)25-12-15)17-8-3-4-9-20(17)31-2/h4-18H,1-3H3,(H2,33,34,36,37);7-17H,1-6H3;3-13H,1-2H3,(H,25,26)(H2,27,28,29,30). The highest BCUT2D eigenvalue weighted by Gasteiger charge is 2.52. The maximum absolute atomic E-state index is 13.8. The number of fused-ring (bicyclic) bond motifs is 3. The normalized spacial score (nSPS) is 17.3. The molecule has 3 saturated heterocycles. The van der Waals surface area contributed by atoms with E-state index in [2.05, 4.69) is 47.3 Å². The summed E-state index contributed by atoms with van der Waals surface area (Å²) in [6.45, 7) is 15.1. The van der Waals surface area contributed by atoms with Crippen LogP contribution in [0.25, 0.3) is 88.7 Å². The number of pyridine rings is 3. The Labute approximate surface area is 623 Å². The fourth-order valence-electron chi connectivity index (χ4n) is 13.4. The van der Waals surface area contributed by atoms with Gasteiger partial charge in [0.15, 0.2) is 11.3 Å². The molecule has 5 N–H and O–H groups in total. The Balaban J connectivity index is 0.000000137. The van der Waals surface area contributed by atoms with Crippen LogP contribution in [-0.2, 0) is 50.0 Å². The number of rotatable bonds is 15. The lowest BCUT2D eigenvalue weighted by atomic mass is 9.79. The fraction of sp³-hybridized carbons (Fsp3) is 0.183. The van der Waals surface area contributed by atoms with E-state index in [1.165, 1.54) is 7.94 Å². The molecule has 7 aromatic carbocycles. The molecular formula is C82H75BN10O13S2. The van der Waals surface area contributed by atoms with Crippen LogP contribution in [-0.4, -0.2) is 108 Å². The molecule has 23 nitrogen and oxygen atoms in total. The number of amides is 6. The lowest BCUT2D eigenvalue weighted by Gasteiger charge is -2.32. The number of benzene rings is 7. The molecule has 26 heteroatoms. The van der Waals surface area contributed by atoms with Gasteiger partial charge in [-0.25, -0.2) is 49.3 Å². The van der Waals surface area contributed by atoms with Crippen molar-refractivity contribution < 1.29 is 59.5 Å². The number of nitrogens with one attached hydrogen (secondary N) is 5. The van der Waals surface area contributed by atoms with Gasteiger partial charge in [-0.05, 0) is 150 Å². The van der Waals surface area contributed by atoms with E-state index < -0.39 is 67.4 Å². The molecule has 2 atom stereocenters. The molecule has 0 aliphatic carbocycles. The number of aromatic nitrogens is 6. The molecule has 3 fully saturated rings. The Morgan fingerprint density at radius 3 is 1.25 bits per heavy atom. The summed E-state index contributed by atoms with van der Waals surface area (Å²) in [5.74, 6) is 1.19. The number of hydrogen-bond donors (Lipinski definition) is 5. The van der Waals surface area contributed by atoms with Gasteiger partial charge in [-0.2, -0.15) is 0 Å². The van der Waals surface area contributed by atoms with E-state index in [0.29, 0.717) is 66.8 Å². The van der Waals surface area contributed by atoms with Gasteiger partial charge in [-0.3, -0.25) is 20.2 Å². The quantitative estimate of drug-likeness (QED) is 0.0471. The van der Waals surface area contributed by atoms with E-state index in [-0.39, 0.29) is 21.3 Å². The smallest absolute Gasteiger partial charge is 0.496 e. The molecule has 16 rings (SSSR count). The molecule has 0 bridgehead atoms. The number of aryl methyl sites for hydroxylation is 2. The molecular weight excluding hydrogens is 1410 g/mol. The molecule has 546 valence electrons. The Morgan fingerprint density at radius 1 is 0.426 bits per heavy atom. The topological polar surface area (TPSA) is 295 Å². The third-order valence-corrected chi connectivity index (χ3v) is 23.6. The Bertz CT molecular complexity index is 6000. The van der Waals surface area contributed by atoms with Crippen LogP contribution in [0.5, 0.6) is 17.2 Å². The molecule has 6 amide bonds. The molecule has 0 radical (unpaired) electrons. The number of carbonyl (C=O) groups excluding carboxylic acids is 4. The second-order valence-corrected chi connectivity index (χ2v) is 31.4. The molecule has 3 aliphatic rings. The predicted molar refractivity (Wildman–Crippen MR) is 414 cm³/mol. The van der Waals surface area contributed by atoms with Crippen molar-refractivity contribution in [3.63, 3.8) is 0 Å². The average Bonchev–Trinajstić information content (AvgIpc) is 1.59. The van der Waals surface area contributed by atoms with Crippen molar-refractivity contribution in [2.45, 2.75) is 87.5 Å². The number of imide groups is 2. The highest BCUT2D eigenvalue weighted by Crippen LogP contribution is 2.43. The highest BCUT2D eigenvalue weighted by atomic mass is 32.2. The van der Waals surface area contributed by atoms with Gasteiger partial charge in [0.2, 0.25) is 0 Å². The molecule has 6 aromatic heterocycles. The number of nitrogens with zero attached hydrogens (tertiary/aromatic N) is 5. The van der Waals surface area contributed by atoms with Crippen LogP contribution in [0.4, 0.5) is 9.59 Å². The van der Waals surface area contributed by atoms with Gasteiger partial charge in [-0.15, -0.1) is 0 Å². The number of hydrogen-bond acceptors (Lipinski definition) is 16. The number of methoxy groups -OCH3 is 3. The Morgan fingerprint density at radius 2 is 0.824 bits per heavy atom. The van der Waals surface area contributed by atoms with Crippen molar-refractivity contribution in [1.29, 1.82) is 0 Å². The molecule has 108 heavy (non-hydrogen) atoms. The molecule has 0 saturated carbocycles. The minimum atomic E-state index is -3.98. The first-order valence-electron chi connectivity index (χ1n) is 34.4. The van der Waals surface area contributed by atoms with Crippen molar-refractivity contribution in [2.24, 2.45) is 0 Å². The van der Waals surface area contributed by atoms with E-state index in [4.69, 9.17) is 23.5 Å². The largest absolute Gasteiger partial charge is 0.496 e. The van der Waals surface area contributed by atoms with Gasteiger partial charge in [0.1, 0.15) is 34.0 Å². The number of H-pyrrole nitrogens is 1. The third-order valence-electron chi connectivity index (χ3n) is 20.3. The summed E-state index contributed by atoms with van der Waals surface area (Å²) in [7, 11) is -3.70. The summed E-state index contributed by atoms with van der Waals surface area (Å²) >= 11 is 0. The molecule has 3 aliphatic heterocycles. The molecule has 0 spiro atoms. The number of ether oxygens (including phenoxy) is 3. The van der Waals surface area contributed by atoms with Crippen molar-refractivity contribution in [1.82, 2.24) is 49.1 Å². The zero-order valence-corrected chi connectivity index (χ0v) is 62.4. The minimum Gasteiger partial charge on any atom is -0.496 e. The van der Waals surface area contributed by atoms with Gasteiger partial charge >= 0.3 is 19.2 Å². The van der Waals surface area contributed by atoms with Gasteiger partial charge < -0.3 is 39.1 Å². The van der Waals surface area contributed by atoms with Gasteiger partial charge in [0.05, 0.1) is 42.3 Å². The van der Waals surface area contributed by atoms with Gasteiger partial charge in [-0.1, -0.05) is 126 Å². The monoisotopic (exact) mass is 1480 g/mol. The first-order chi connectivity index (χ1) is 51.5. The molecule has 9 heterocycles. The van der Waals surface area contributed by atoms with Crippen LogP contribution in [0.15, 0.2) is 235 Å². The molecule has 2 unspecified atom stereocenters. The zero-order valence-electron chi connectivity index (χ0n) is 60.8. The average molecular weight is 1480 g/mol. The van der Waals surface area contributed by atoms with E-state index in [1.807, 2.05) is 169 Å². The van der Waals surface area contributed by atoms with E-state index in [9.17, 15) is 36.0 Å². The minimum absolute atomic E-state index is 0.148. The van der Waals surface area contributed by atoms with Crippen molar-refractivity contribution >= 4 is 89.6 Å². The molecule has 13 aromatic rings. The van der Waals surface area contributed by atoms with Crippen LogP contribution in [0, 0.1) is 13.8 Å². The number of para-hydroxylation sites is 3. The second kappa shape index (κ2) is 27.9. The Hall–Kier alpha value is -12.2. The summed E-state index contributed by atoms with van der Waals surface area (Å²) in [5, 5.41) is 12.2. The van der Waals surface area contributed by atoms with Crippen LogP contribution in [0.3, 0.4) is 0 Å². The first kappa shape index (κ1) is 72.7. The first-order valence-corrected chi connectivity index (χ1v) is 37.3. The number of aromatic amines is 1. The summed E-state index contributed by atoms with van der Waals surface area (Å²) in [6, 6.07) is 55.8. The second-order valence-electron chi connectivity index (χ2n) is 27.8. The van der Waals surface area contributed by atoms with Crippen molar-refractivity contribution in [2.75, 3.05) is 21.3 Å². The maximum Gasteiger partial charge on any atom is 0.496 e. The van der Waals surface area contributed by atoms with E-state index in [0.717, 1.165) is 61.3 Å². The lowest BCUT2D eigenvalue weighted by Crippen LogP contribution is -2.41. The van der Waals surface area contributed by atoms with E-state index in [1.54, 1.807) is 127 Å². The van der Waals surface area contributed by atoms with Crippen LogP contribution in [0.2, 0.25) is 0 Å². The summed E-state index contributed by atoms with van der Waals surface area (Å²) in [6.07, 6.45) is 10.1. The SMILES string of the molecule is COc1ccccc1-c1c[nH]c2ncc(-c3cccc(C4(C)NC(=O)NC4=O)c3)cc12.COc1ccccc1-c1cn(S(=O)(=O)c2ccc(C)cc2)c2ncc(-c3cccc(C4(C)NC(=O)NC4=O)c3)cc12.COc1ccccc1-c1cn(S(=O)(=O)c2ccc(C)cc2)c2ncc(B3OC(C)(C)C(C)(C)O3)cc12. The van der Waals surface area contributed by atoms with Gasteiger partial charge in [0.25, 0.3) is 31.9 Å². The predicted octanol–water partition coefficient (Wildman–Crippen LogP) is 13.5. The van der Waals surface area contributed by atoms with Crippen LogP contribution < -0.4 is 40.9 Å². The van der Waals surface area contributed by atoms with Crippen molar-refractivity contribution in [3.05, 3.63) is 247 Å². The number of carbonyl (C=O) groups is 4. The van der Waals surface area contributed by atoms with Crippen molar-refractivity contribution in [3.8, 4) is 72.9 Å². The third kappa shape index (κ3) is 13.1. The van der Waals surface area contributed by atoms with Crippen LogP contribution >= 0.6 is 0 Å². The highest BCUT2D eigenvalue weighted by molar-refractivity contribution is 7.90. The summed E-state index contributed by atoms with van der Waals surface area (Å²) in [5.41, 5.74) is 9.93. The van der Waals surface area contributed by atoms with E-state index >= 15 is 0 Å². The van der Waals surface area contributed by atoms with Gasteiger partial charge in [0, 0.05) is 103 Å². The fourth-order valence-corrected chi connectivity index (χ4v) is 16.0. The maximum atomic E-state index is 13.8. The Kier molecular flexibility index (Phi) is 18.8. The zero-order chi connectivity index (χ0) is 76.4. The number of urea groups is 2. The summed E-state index contributed by atoms with van der Waals surface area (Å²) < 4.78 is 86.7. The van der Waals surface area contributed by atoms with Crippen LogP contribution in [0.1, 0.15) is 63.8 Å². The lowest BCUT2D eigenvalue weighted by molar-refractivity contribution is -0.124.